The molecule has 0 saturated carbocycles. The van der Waals surface area contributed by atoms with Crippen molar-refractivity contribution in [3.8, 4) is 0 Å². The first-order valence-electron chi connectivity index (χ1n) is 5.63. The van der Waals surface area contributed by atoms with E-state index in [1.807, 2.05) is 20.8 Å². The summed E-state index contributed by atoms with van der Waals surface area (Å²) in [5.41, 5.74) is -4.21. The number of alkyl halides is 3. The minimum absolute atomic E-state index is 0.00236. The van der Waals surface area contributed by atoms with Crippen molar-refractivity contribution in [3.63, 3.8) is 0 Å². The molecule has 0 atom stereocenters. The van der Waals surface area contributed by atoms with Crippen LogP contribution in [0, 0.1) is 0 Å². The Morgan fingerprint density at radius 3 is 2.56 bits per heavy atom. The quantitative estimate of drug-likeness (QED) is 0.899. The van der Waals surface area contributed by atoms with E-state index in [-0.39, 0.29) is 23.1 Å². The first-order valence-corrected chi connectivity index (χ1v) is 6.62. The zero-order chi connectivity index (χ0) is 13.8. The van der Waals surface area contributed by atoms with Crippen LogP contribution in [0.5, 0.6) is 0 Å². The molecule has 1 aromatic heterocycles. The van der Waals surface area contributed by atoms with Gasteiger partial charge in [-0.1, -0.05) is 0 Å². The van der Waals surface area contributed by atoms with Crippen LogP contribution in [0.2, 0.25) is 0 Å². The largest absolute Gasteiger partial charge is 0.441 e. The smallest absolute Gasteiger partial charge is 0.333 e. The van der Waals surface area contributed by atoms with Gasteiger partial charge in [0.05, 0.1) is 6.54 Å². The van der Waals surface area contributed by atoms with Gasteiger partial charge in [0.2, 0.25) is 0 Å². The fourth-order valence-electron chi connectivity index (χ4n) is 1.31. The Hall–Kier alpha value is -0.690. The lowest BCUT2D eigenvalue weighted by Crippen LogP contribution is -2.36. The molecular weight excluding hydrogens is 263 g/mol. The van der Waals surface area contributed by atoms with E-state index in [2.05, 4.69) is 10.3 Å². The Kier molecular flexibility index (Phi) is 5.10. The number of thioether (sulfide) groups is 1. The Balaban J connectivity index is 2.45. The Labute approximate surface area is 109 Å². The van der Waals surface area contributed by atoms with E-state index in [0.717, 1.165) is 5.82 Å². The predicted octanol–water partition coefficient (Wildman–Crippen LogP) is 3.02. The number of imidazole rings is 1. The summed E-state index contributed by atoms with van der Waals surface area (Å²) in [5.74, 6) is 0.759. The molecule has 1 heterocycles. The van der Waals surface area contributed by atoms with Crippen molar-refractivity contribution in [1.82, 2.24) is 14.9 Å². The summed E-state index contributed by atoms with van der Waals surface area (Å²) in [7, 11) is 0. The molecule has 3 nitrogen and oxygen atoms in total. The highest BCUT2D eigenvalue weighted by Crippen LogP contribution is 2.30. The predicted molar refractivity (Wildman–Crippen MR) is 67.3 cm³/mol. The molecular formula is C11H18F3N3S. The van der Waals surface area contributed by atoms with Gasteiger partial charge < -0.3 is 9.88 Å². The molecule has 18 heavy (non-hydrogen) atoms. The molecule has 0 aliphatic carbocycles. The number of rotatable bonds is 5. The highest BCUT2D eigenvalue weighted by atomic mass is 32.2. The van der Waals surface area contributed by atoms with Crippen LogP contribution < -0.4 is 5.32 Å². The van der Waals surface area contributed by atoms with Gasteiger partial charge in [0, 0.05) is 30.2 Å². The van der Waals surface area contributed by atoms with Gasteiger partial charge in [-0.2, -0.15) is 13.2 Å². The highest BCUT2D eigenvalue weighted by molar-refractivity contribution is 8.00. The number of aryl methyl sites for hydroxylation is 1. The summed E-state index contributed by atoms with van der Waals surface area (Å²) < 4.78 is 37.8. The van der Waals surface area contributed by atoms with Crippen LogP contribution >= 0.6 is 11.8 Å². The number of hydrogen-bond acceptors (Lipinski definition) is 3. The fraction of sp³-hybridized carbons (Fsp3) is 0.727. The number of hydrogen-bond donors (Lipinski definition) is 1. The normalized spacial score (nSPS) is 13.0. The third-order valence-electron chi connectivity index (χ3n) is 2.18. The molecule has 0 aromatic carbocycles. The van der Waals surface area contributed by atoms with Gasteiger partial charge in [0.1, 0.15) is 5.82 Å². The summed E-state index contributed by atoms with van der Waals surface area (Å²) in [5, 5.41) is 3.26. The standard InChI is InChI=1S/C11H18F3N3S/c1-10(2,3)16-8-9-15-4-5-17(9)6-7-18-11(12,13)14/h4-5,16H,6-8H2,1-3H3. The summed E-state index contributed by atoms with van der Waals surface area (Å²) in [6.07, 6.45) is 3.31. The van der Waals surface area contributed by atoms with Crippen molar-refractivity contribution in [1.29, 1.82) is 0 Å². The molecule has 0 aliphatic rings. The van der Waals surface area contributed by atoms with Crippen LogP contribution in [0.25, 0.3) is 0 Å². The summed E-state index contributed by atoms with van der Waals surface area (Å²) in [4.78, 5) is 4.14. The molecule has 0 saturated heterocycles. The van der Waals surface area contributed by atoms with Crippen LogP contribution in [0.1, 0.15) is 26.6 Å². The van der Waals surface area contributed by atoms with Gasteiger partial charge in [-0.05, 0) is 32.5 Å². The van der Waals surface area contributed by atoms with E-state index in [1.165, 1.54) is 0 Å². The average Bonchev–Trinajstić information content (AvgIpc) is 2.59. The topological polar surface area (TPSA) is 29.9 Å². The first-order chi connectivity index (χ1) is 8.17. The first kappa shape index (κ1) is 15.4. The fourth-order valence-corrected chi connectivity index (χ4v) is 1.83. The highest BCUT2D eigenvalue weighted by Gasteiger charge is 2.27. The van der Waals surface area contributed by atoms with Crippen molar-refractivity contribution in [3.05, 3.63) is 18.2 Å². The van der Waals surface area contributed by atoms with Gasteiger partial charge >= 0.3 is 5.51 Å². The molecule has 1 rings (SSSR count). The maximum Gasteiger partial charge on any atom is 0.441 e. The van der Waals surface area contributed by atoms with Crippen molar-refractivity contribution in [2.24, 2.45) is 0 Å². The molecule has 1 aromatic rings. The lowest BCUT2D eigenvalue weighted by Gasteiger charge is -2.20. The Morgan fingerprint density at radius 1 is 1.33 bits per heavy atom. The molecule has 104 valence electrons. The zero-order valence-corrected chi connectivity index (χ0v) is 11.5. The molecule has 0 aliphatic heterocycles. The molecule has 0 fully saturated rings. The van der Waals surface area contributed by atoms with E-state index in [9.17, 15) is 13.2 Å². The Bertz CT molecular complexity index is 368. The SMILES string of the molecule is CC(C)(C)NCc1nccn1CCSC(F)(F)F. The lowest BCUT2D eigenvalue weighted by molar-refractivity contribution is -0.0328. The number of halogens is 3. The third-order valence-corrected chi connectivity index (χ3v) is 2.89. The number of nitrogens with zero attached hydrogens (tertiary/aromatic N) is 2. The second-order valence-electron chi connectivity index (χ2n) is 4.93. The number of nitrogens with one attached hydrogen (secondary N) is 1. The van der Waals surface area contributed by atoms with Gasteiger partial charge in [-0.3, -0.25) is 0 Å². The van der Waals surface area contributed by atoms with E-state index >= 15 is 0 Å². The third kappa shape index (κ3) is 6.30. The molecule has 0 radical (unpaired) electrons. The molecule has 7 heteroatoms. The molecule has 0 spiro atoms. The number of aromatic nitrogens is 2. The van der Waals surface area contributed by atoms with Crippen LogP contribution in [-0.2, 0) is 13.1 Å². The van der Waals surface area contributed by atoms with Crippen molar-refractivity contribution in [2.75, 3.05) is 5.75 Å². The van der Waals surface area contributed by atoms with E-state index in [4.69, 9.17) is 0 Å². The second kappa shape index (κ2) is 5.97. The summed E-state index contributed by atoms with van der Waals surface area (Å²) >= 11 is -0.00488. The molecule has 1 N–H and O–H groups in total. The van der Waals surface area contributed by atoms with Gasteiger partial charge in [0.15, 0.2) is 0 Å². The van der Waals surface area contributed by atoms with Crippen molar-refractivity contribution < 1.29 is 13.2 Å². The average molecular weight is 281 g/mol. The summed E-state index contributed by atoms with van der Waals surface area (Å²) in [6, 6.07) is 0. The monoisotopic (exact) mass is 281 g/mol. The molecule has 0 unspecified atom stereocenters. The lowest BCUT2D eigenvalue weighted by atomic mass is 10.1. The van der Waals surface area contributed by atoms with E-state index < -0.39 is 5.51 Å². The minimum atomic E-state index is -4.16. The zero-order valence-electron chi connectivity index (χ0n) is 10.7. The van der Waals surface area contributed by atoms with Crippen molar-refractivity contribution in [2.45, 2.75) is 44.9 Å². The van der Waals surface area contributed by atoms with Crippen LogP contribution in [-0.4, -0.2) is 26.4 Å². The maximum absolute atomic E-state index is 12.0. The van der Waals surface area contributed by atoms with Crippen molar-refractivity contribution >= 4 is 11.8 Å². The van der Waals surface area contributed by atoms with Crippen LogP contribution in [0.15, 0.2) is 12.4 Å². The van der Waals surface area contributed by atoms with Gasteiger partial charge in [-0.15, -0.1) is 0 Å². The van der Waals surface area contributed by atoms with E-state index in [1.54, 1.807) is 17.0 Å². The van der Waals surface area contributed by atoms with Crippen LogP contribution in [0.4, 0.5) is 13.2 Å². The van der Waals surface area contributed by atoms with Gasteiger partial charge in [0.25, 0.3) is 0 Å². The van der Waals surface area contributed by atoms with Crippen LogP contribution in [0.3, 0.4) is 0 Å². The maximum atomic E-state index is 12.0. The summed E-state index contributed by atoms with van der Waals surface area (Å²) in [6.45, 7) is 6.94. The van der Waals surface area contributed by atoms with E-state index in [0.29, 0.717) is 13.1 Å². The molecule has 0 bridgehead atoms. The Morgan fingerprint density at radius 2 is 2.00 bits per heavy atom. The minimum Gasteiger partial charge on any atom is -0.333 e. The van der Waals surface area contributed by atoms with Gasteiger partial charge in [-0.25, -0.2) is 4.98 Å². The second-order valence-corrected chi connectivity index (χ2v) is 6.09. The molecule has 0 amide bonds.